The van der Waals surface area contributed by atoms with E-state index in [1.54, 1.807) is 24.3 Å². The Morgan fingerprint density at radius 2 is 1.86 bits per heavy atom. The molecule has 116 valence electrons. The van der Waals surface area contributed by atoms with Crippen LogP contribution in [0.5, 0.6) is 0 Å². The van der Waals surface area contributed by atoms with Gasteiger partial charge in [-0.2, -0.15) is 0 Å². The van der Waals surface area contributed by atoms with Crippen molar-refractivity contribution in [3.8, 4) is 0 Å². The van der Waals surface area contributed by atoms with Gasteiger partial charge in [-0.05, 0) is 43.0 Å². The molecule has 2 amide bonds. The maximum atomic E-state index is 11.8. The molecule has 0 heterocycles. The Kier molecular flexibility index (Phi) is 7.46. The van der Waals surface area contributed by atoms with Crippen molar-refractivity contribution in [1.82, 2.24) is 5.32 Å². The standard InChI is InChI=1S/C16H24N2O3/c1-12(2)4-9-15(20)18-14-7-5-13(6-8-14)16(21)17-10-3-11-19/h5-8,12,19H,3-4,9-11H2,1-2H3,(H,17,21)(H,18,20). The van der Waals surface area contributed by atoms with Crippen LogP contribution in [-0.4, -0.2) is 30.1 Å². The van der Waals surface area contributed by atoms with Crippen LogP contribution in [0, 0.1) is 5.92 Å². The van der Waals surface area contributed by atoms with Gasteiger partial charge in [0.2, 0.25) is 5.91 Å². The zero-order valence-corrected chi connectivity index (χ0v) is 12.7. The number of carbonyl (C=O) groups is 2. The summed E-state index contributed by atoms with van der Waals surface area (Å²) in [7, 11) is 0. The molecule has 0 bridgehead atoms. The van der Waals surface area contributed by atoms with Gasteiger partial charge in [0.1, 0.15) is 0 Å². The predicted molar refractivity (Wildman–Crippen MR) is 83.2 cm³/mol. The molecule has 0 radical (unpaired) electrons. The summed E-state index contributed by atoms with van der Waals surface area (Å²) in [6.07, 6.45) is 1.90. The van der Waals surface area contributed by atoms with Gasteiger partial charge >= 0.3 is 0 Å². The van der Waals surface area contributed by atoms with E-state index in [1.165, 1.54) is 0 Å². The molecule has 0 atom stereocenters. The van der Waals surface area contributed by atoms with E-state index in [9.17, 15) is 9.59 Å². The van der Waals surface area contributed by atoms with Crippen molar-refractivity contribution in [3.05, 3.63) is 29.8 Å². The maximum Gasteiger partial charge on any atom is 0.251 e. The summed E-state index contributed by atoms with van der Waals surface area (Å²) in [6, 6.07) is 6.78. The minimum atomic E-state index is -0.180. The van der Waals surface area contributed by atoms with Crippen LogP contribution in [0.15, 0.2) is 24.3 Å². The smallest absolute Gasteiger partial charge is 0.251 e. The van der Waals surface area contributed by atoms with E-state index in [1.807, 2.05) is 0 Å². The number of anilines is 1. The first-order valence-electron chi connectivity index (χ1n) is 7.32. The summed E-state index contributed by atoms with van der Waals surface area (Å²) in [6.45, 7) is 4.67. The average Bonchev–Trinajstić information content (AvgIpc) is 2.46. The first kappa shape index (κ1) is 17.2. The Labute approximate surface area is 125 Å². The second kappa shape index (κ2) is 9.13. The van der Waals surface area contributed by atoms with Gasteiger partial charge in [-0.15, -0.1) is 0 Å². The fraction of sp³-hybridized carbons (Fsp3) is 0.500. The lowest BCUT2D eigenvalue weighted by atomic mass is 10.1. The summed E-state index contributed by atoms with van der Waals surface area (Å²) in [5.41, 5.74) is 1.23. The Morgan fingerprint density at radius 3 is 2.43 bits per heavy atom. The molecule has 1 aromatic rings. The molecule has 0 aromatic heterocycles. The Bertz CT molecular complexity index is 455. The van der Waals surface area contributed by atoms with Crippen molar-refractivity contribution < 1.29 is 14.7 Å². The van der Waals surface area contributed by atoms with Gasteiger partial charge in [-0.3, -0.25) is 9.59 Å². The first-order chi connectivity index (χ1) is 10.0. The van der Waals surface area contributed by atoms with Crippen LogP contribution in [0.1, 0.15) is 43.5 Å². The Balaban J connectivity index is 2.46. The molecule has 0 spiro atoms. The quantitative estimate of drug-likeness (QED) is 0.643. The highest BCUT2D eigenvalue weighted by atomic mass is 16.3. The van der Waals surface area contributed by atoms with Crippen molar-refractivity contribution in [2.75, 3.05) is 18.5 Å². The minimum Gasteiger partial charge on any atom is -0.396 e. The van der Waals surface area contributed by atoms with Gasteiger partial charge in [-0.25, -0.2) is 0 Å². The number of amides is 2. The van der Waals surface area contributed by atoms with Crippen molar-refractivity contribution in [2.24, 2.45) is 5.92 Å². The van der Waals surface area contributed by atoms with Crippen molar-refractivity contribution in [2.45, 2.75) is 33.1 Å². The van der Waals surface area contributed by atoms with Crippen LogP contribution in [0.25, 0.3) is 0 Å². The number of hydrogen-bond donors (Lipinski definition) is 3. The van der Waals surface area contributed by atoms with Gasteiger partial charge < -0.3 is 15.7 Å². The van der Waals surface area contributed by atoms with E-state index in [-0.39, 0.29) is 18.4 Å². The van der Waals surface area contributed by atoms with E-state index in [4.69, 9.17) is 5.11 Å². The molecule has 0 unspecified atom stereocenters. The SMILES string of the molecule is CC(C)CCC(=O)Nc1ccc(C(=O)NCCCO)cc1. The lowest BCUT2D eigenvalue weighted by Gasteiger charge is -2.08. The summed E-state index contributed by atoms with van der Waals surface area (Å²) >= 11 is 0. The van der Waals surface area contributed by atoms with E-state index < -0.39 is 0 Å². The second-order valence-electron chi connectivity index (χ2n) is 5.39. The third-order valence-corrected chi connectivity index (χ3v) is 3.00. The van der Waals surface area contributed by atoms with Gasteiger partial charge in [0.05, 0.1) is 0 Å². The Morgan fingerprint density at radius 1 is 1.19 bits per heavy atom. The highest BCUT2D eigenvalue weighted by Gasteiger charge is 2.07. The molecule has 21 heavy (non-hydrogen) atoms. The molecule has 0 aliphatic rings. The molecule has 0 aliphatic heterocycles. The summed E-state index contributed by atoms with van der Waals surface area (Å²) < 4.78 is 0. The number of carbonyl (C=O) groups excluding carboxylic acids is 2. The fourth-order valence-corrected chi connectivity index (χ4v) is 1.73. The summed E-state index contributed by atoms with van der Waals surface area (Å²) in [4.78, 5) is 23.4. The molecular weight excluding hydrogens is 268 g/mol. The van der Waals surface area contributed by atoms with E-state index in [0.29, 0.717) is 36.6 Å². The highest BCUT2D eigenvalue weighted by molar-refractivity contribution is 5.95. The molecule has 5 heteroatoms. The predicted octanol–water partition coefficient (Wildman–Crippen LogP) is 2.17. The van der Waals surface area contributed by atoms with Gasteiger partial charge in [-0.1, -0.05) is 13.8 Å². The molecule has 3 N–H and O–H groups in total. The fourth-order valence-electron chi connectivity index (χ4n) is 1.73. The average molecular weight is 292 g/mol. The zero-order chi connectivity index (χ0) is 15.7. The number of nitrogens with one attached hydrogen (secondary N) is 2. The minimum absolute atomic E-state index is 0.0103. The summed E-state index contributed by atoms with van der Waals surface area (Å²) in [5.74, 6) is 0.311. The van der Waals surface area contributed by atoms with Crippen LogP contribution >= 0.6 is 0 Å². The molecule has 0 saturated carbocycles. The lowest BCUT2D eigenvalue weighted by Crippen LogP contribution is -2.25. The van der Waals surface area contributed by atoms with Crippen molar-refractivity contribution in [1.29, 1.82) is 0 Å². The van der Waals surface area contributed by atoms with Crippen LogP contribution in [0.4, 0.5) is 5.69 Å². The maximum absolute atomic E-state index is 11.8. The number of aliphatic hydroxyl groups excluding tert-OH is 1. The molecule has 0 fully saturated rings. The number of hydrogen-bond acceptors (Lipinski definition) is 3. The zero-order valence-electron chi connectivity index (χ0n) is 12.7. The highest BCUT2D eigenvalue weighted by Crippen LogP contribution is 2.11. The molecule has 5 nitrogen and oxygen atoms in total. The summed E-state index contributed by atoms with van der Waals surface area (Å²) in [5, 5.41) is 14.2. The number of benzene rings is 1. The molecule has 0 saturated heterocycles. The third kappa shape index (κ3) is 6.90. The Hall–Kier alpha value is -1.88. The van der Waals surface area contributed by atoms with Gasteiger partial charge in [0, 0.05) is 30.8 Å². The third-order valence-electron chi connectivity index (χ3n) is 3.00. The lowest BCUT2D eigenvalue weighted by molar-refractivity contribution is -0.116. The van der Waals surface area contributed by atoms with Crippen LogP contribution in [-0.2, 0) is 4.79 Å². The topological polar surface area (TPSA) is 78.4 Å². The molecule has 1 rings (SSSR count). The largest absolute Gasteiger partial charge is 0.396 e. The van der Waals surface area contributed by atoms with Gasteiger partial charge in [0.25, 0.3) is 5.91 Å². The molecular formula is C16H24N2O3. The van der Waals surface area contributed by atoms with Gasteiger partial charge in [0.15, 0.2) is 0 Å². The van der Waals surface area contributed by atoms with Crippen molar-refractivity contribution >= 4 is 17.5 Å². The van der Waals surface area contributed by atoms with Crippen LogP contribution < -0.4 is 10.6 Å². The monoisotopic (exact) mass is 292 g/mol. The second-order valence-corrected chi connectivity index (χ2v) is 5.39. The molecule has 1 aromatic carbocycles. The van der Waals surface area contributed by atoms with Crippen molar-refractivity contribution in [3.63, 3.8) is 0 Å². The van der Waals surface area contributed by atoms with Crippen LogP contribution in [0.2, 0.25) is 0 Å². The first-order valence-corrected chi connectivity index (χ1v) is 7.32. The van der Waals surface area contributed by atoms with E-state index in [0.717, 1.165) is 6.42 Å². The van der Waals surface area contributed by atoms with E-state index in [2.05, 4.69) is 24.5 Å². The van der Waals surface area contributed by atoms with Crippen LogP contribution in [0.3, 0.4) is 0 Å². The number of rotatable bonds is 8. The normalized spacial score (nSPS) is 10.5. The van der Waals surface area contributed by atoms with E-state index >= 15 is 0 Å². The number of aliphatic hydroxyl groups is 1. The molecule has 0 aliphatic carbocycles.